The van der Waals surface area contributed by atoms with Crippen LogP contribution in [-0.4, -0.2) is 28.0 Å². The standard InChI is InChI=1S/C22H16ClN3O5/c1-2-30-17(27)11-15-20(28)25(13-9-7-12(23)8-10-13)22-24-18-14-5-3-4-6-16(14)31-19(18)21(29)26(15)22/h3-10,15H,2,11H2,1H3/t15-/m0/s1. The smallest absolute Gasteiger partial charge is 0.308 e. The highest BCUT2D eigenvalue weighted by Gasteiger charge is 2.42. The summed E-state index contributed by atoms with van der Waals surface area (Å²) in [5.41, 5.74) is 0.849. The highest BCUT2D eigenvalue weighted by atomic mass is 35.5. The number of halogens is 1. The summed E-state index contributed by atoms with van der Waals surface area (Å²) < 4.78 is 12.0. The van der Waals surface area contributed by atoms with Gasteiger partial charge in [0.25, 0.3) is 11.5 Å². The highest BCUT2D eigenvalue weighted by Crippen LogP contribution is 2.38. The van der Waals surface area contributed by atoms with Crippen LogP contribution in [0.5, 0.6) is 0 Å². The molecule has 9 heteroatoms. The van der Waals surface area contributed by atoms with E-state index in [0.717, 1.165) is 0 Å². The van der Waals surface area contributed by atoms with E-state index in [1.807, 2.05) is 6.07 Å². The number of carbonyl (C=O) groups is 2. The van der Waals surface area contributed by atoms with Crippen molar-refractivity contribution in [3.05, 3.63) is 63.9 Å². The maximum absolute atomic E-state index is 13.4. The molecule has 0 saturated heterocycles. The molecular weight excluding hydrogens is 422 g/mol. The van der Waals surface area contributed by atoms with Crippen LogP contribution in [0.2, 0.25) is 5.02 Å². The lowest BCUT2D eigenvalue weighted by molar-refractivity contribution is -0.145. The van der Waals surface area contributed by atoms with Gasteiger partial charge in [-0.3, -0.25) is 19.0 Å². The SMILES string of the molecule is CCOC(=O)C[C@H]1C(=O)N(c2ccc(Cl)cc2)c2nc3c(oc4ccccc43)c(=O)n21. The molecule has 0 spiro atoms. The Hall–Kier alpha value is -3.65. The van der Waals surface area contributed by atoms with Crippen molar-refractivity contribution < 1.29 is 18.7 Å². The van der Waals surface area contributed by atoms with Gasteiger partial charge in [0, 0.05) is 10.4 Å². The van der Waals surface area contributed by atoms with Crippen LogP contribution in [0.15, 0.2) is 57.7 Å². The van der Waals surface area contributed by atoms with Crippen LogP contribution in [0.4, 0.5) is 11.6 Å². The fourth-order valence-corrected chi connectivity index (χ4v) is 3.95. The Labute approximate surface area is 180 Å². The molecular formula is C22H16ClN3O5. The van der Waals surface area contributed by atoms with E-state index in [4.69, 9.17) is 20.8 Å². The second kappa shape index (κ2) is 7.24. The van der Waals surface area contributed by atoms with Gasteiger partial charge in [0.1, 0.15) is 17.1 Å². The number of ether oxygens (including phenoxy) is 1. The highest BCUT2D eigenvalue weighted by molar-refractivity contribution is 6.30. The monoisotopic (exact) mass is 437 g/mol. The zero-order valence-corrected chi connectivity index (χ0v) is 17.1. The fourth-order valence-electron chi connectivity index (χ4n) is 3.83. The van der Waals surface area contributed by atoms with Crippen molar-refractivity contribution in [3.8, 4) is 0 Å². The van der Waals surface area contributed by atoms with E-state index in [9.17, 15) is 14.4 Å². The molecule has 5 rings (SSSR count). The molecule has 31 heavy (non-hydrogen) atoms. The van der Waals surface area contributed by atoms with E-state index in [1.54, 1.807) is 49.4 Å². The summed E-state index contributed by atoms with van der Waals surface area (Å²) in [6, 6.07) is 12.6. The first-order chi connectivity index (χ1) is 15.0. The Morgan fingerprint density at radius 2 is 1.90 bits per heavy atom. The first-order valence-electron chi connectivity index (χ1n) is 9.68. The van der Waals surface area contributed by atoms with Crippen molar-refractivity contribution >= 4 is 57.2 Å². The number of esters is 1. The van der Waals surface area contributed by atoms with Gasteiger partial charge in [0.2, 0.25) is 11.5 Å². The summed E-state index contributed by atoms with van der Waals surface area (Å²) in [5, 5.41) is 1.16. The van der Waals surface area contributed by atoms with Gasteiger partial charge in [0.05, 0.1) is 18.7 Å². The summed E-state index contributed by atoms with van der Waals surface area (Å²) in [6.07, 6.45) is -0.295. The van der Waals surface area contributed by atoms with Crippen molar-refractivity contribution in [2.75, 3.05) is 11.5 Å². The lowest BCUT2D eigenvalue weighted by Crippen LogP contribution is -2.28. The summed E-state index contributed by atoms with van der Waals surface area (Å²) in [5.74, 6) is -0.927. The topological polar surface area (TPSA) is 94.6 Å². The number of anilines is 2. The molecule has 1 amide bonds. The maximum atomic E-state index is 13.4. The summed E-state index contributed by atoms with van der Waals surface area (Å²) in [7, 11) is 0. The molecule has 0 N–H and O–H groups in total. The zero-order valence-electron chi connectivity index (χ0n) is 16.4. The Morgan fingerprint density at radius 3 is 2.65 bits per heavy atom. The van der Waals surface area contributed by atoms with Crippen LogP contribution in [-0.2, 0) is 14.3 Å². The number of benzene rings is 2. The average molecular weight is 438 g/mol. The molecule has 8 nitrogen and oxygen atoms in total. The minimum atomic E-state index is -1.10. The zero-order chi connectivity index (χ0) is 21.7. The fraction of sp³-hybridized carbons (Fsp3) is 0.182. The average Bonchev–Trinajstić information content (AvgIpc) is 3.26. The first-order valence-corrected chi connectivity index (χ1v) is 10.1. The van der Waals surface area contributed by atoms with Crippen molar-refractivity contribution in [3.63, 3.8) is 0 Å². The van der Waals surface area contributed by atoms with Gasteiger partial charge in [0.15, 0.2) is 0 Å². The third kappa shape index (κ3) is 2.98. The van der Waals surface area contributed by atoms with Crippen molar-refractivity contribution in [2.45, 2.75) is 19.4 Å². The van der Waals surface area contributed by atoms with Gasteiger partial charge >= 0.3 is 5.97 Å². The van der Waals surface area contributed by atoms with Crippen LogP contribution in [0.25, 0.3) is 22.1 Å². The molecule has 0 aliphatic carbocycles. The van der Waals surface area contributed by atoms with E-state index in [2.05, 4.69) is 4.98 Å². The molecule has 1 aliphatic heterocycles. The van der Waals surface area contributed by atoms with Crippen molar-refractivity contribution in [1.29, 1.82) is 0 Å². The second-order valence-corrected chi connectivity index (χ2v) is 7.47. The predicted molar refractivity (Wildman–Crippen MR) is 115 cm³/mol. The maximum Gasteiger partial charge on any atom is 0.308 e. The van der Waals surface area contributed by atoms with E-state index in [1.165, 1.54) is 9.47 Å². The molecule has 1 atom stereocenters. The third-order valence-corrected chi connectivity index (χ3v) is 5.43. The predicted octanol–water partition coefficient (Wildman–Crippen LogP) is 3.97. The minimum Gasteiger partial charge on any atom is -0.466 e. The number of furan rings is 1. The normalized spacial score (nSPS) is 15.6. The van der Waals surface area contributed by atoms with Crippen LogP contribution < -0.4 is 10.5 Å². The summed E-state index contributed by atoms with van der Waals surface area (Å²) >= 11 is 5.99. The van der Waals surface area contributed by atoms with Gasteiger partial charge in [-0.1, -0.05) is 23.7 Å². The molecule has 0 unspecified atom stereocenters. The molecule has 1 aliphatic rings. The van der Waals surface area contributed by atoms with Gasteiger partial charge in [-0.2, -0.15) is 0 Å². The quantitative estimate of drug-likeness (QED) is 0.448. The van der Waals surface area contributed by atoms with Crippen LogP contribution in [0, 0.1) is 0 Å². The van der Waals surface area contributed by atoms with Gasteiger partial charge < -0.3 is 9.15 Å². The number of fused-ring (bicyclic) bond motifs is 4. The largest absolute Gasteiger partial charge is 0.466 e. The van der Waals surface area contributed by atoms with E-state index >= 15 is 0 Å². The number of nitrogens with zero attached hydrogens (tertiary/aromatic N) is 3. The molecule has 3 heterocycles. The van der Waals surface area contributed by atoms with Gasteiger partial charge in [-0.15, -0.1) is 0 Å². The second-order valence-electron chi connectivity index (χ2n) is 7.04. The summed E-state index contributed by atoms with van der Waals surface area (Å²) in [6.45, 7) is 1.84. The molecule has 0 saturated carbocycles. The molecule has 2 aromatic carbocycles. The Balaban J connectivity index is 1.77. The number of aromatic nitrogens is 2. The van der Waals surface area contributed by atoms with Crippen molar-refractivity contribution in [1.82, 2.24) is 9.55 Å². The first kappa shape index (κ1) is 19.3. The number of hydrogen-bond donors (Lipinski definition) is 0. The van der Waals surface area contributed by atoms with Gasteiger partial charge in [-0.05, 0) is 43.3 Å². The van der Waals surface area contributed by atoms with Gasteiger partial charge in [-0.25, -0.2) is 9.88 Å². The number of carbonyl (C=O) groups excluding carboxylic acids is 2. The number of amides is 1. The minimum absolute atomic E-state index is 0.0320. The van der Waals surface area contributed by atoms with Crippen LogP contribution in [0.1, 0.15) is 19.4 Å². The lowest BCUT2D eigenvalue weighted by Gasteiger charge is -2.15. The van der Waals surface area contributed by atoms with Crippen LogP contribution in [0.3, 0.4) is 0 Å². The van der Waals surface area contributed by atoms with E-state index < -0.39 is 23.5 Å². The third-order valence-electron chi connectivity index (χ3n) is 5.18. The Kier molecular flexibility index (Phi) is 4.51. The lowest BCUT2D eigenvalue weighted by atomic mass is 10.2. The number of rotatable bonds is 4. The molecule has 2 aromatic heterocycles. The van der Waals surface area contributed by atoms with E-state index in [-0.39, 0.29) is 24.6 Å². The molecule has 156 valence electrons. The Bertz CT molecular complexity index is 1410. The number of para-hydroxylation sites is 1. The molecule has 4 aromatic rings. The van der Waals surface area contributed by atoms with E-state index in [0.29, 0.717) is 27.2 Å². The Morgan fingerprint density at radius 1 is 1.16 bits per heavy atom. The molecule has 0 bridgehead atoms. The molecule has 0 fully saturated rings. The van der Waals surface area contributed by atoms with Crippen LogP contribution >= 0.6 is 11.6 Å². The number of hydrogen-bond acceptors (Lipinski definition) is 6. The summed E-state index contributed by atoms with van der Waals surface area (Å²) in [4.78, 5) is 44.9. The molecule has 0 radical (unpaired) electrons. The van der Waals surface area contributed by atoms with Crippen molar-refractivity contribution in [2.24, 2.45) is 0 Å².